The van der Waals surface area contributed by atoms with Crippen molar-refractivity contribution in [1.82, 2.24) is 14.5 Å². The van der Waals surface area contributed by atoms with Gasteiger partial charge in [-0.15, -0.1) is 0 Å². The molecule has 0 radical (unpaired) electrons. The third-order valence-electron chi connectivity index (χ3n) is 2.33. The lowest BCUT2D eigenvalue weighted by Crippen LogP contribution is -2.04. The SMILES string of the molecule is COCCn1cncc1-c1ccnc(N)c1. The number of methoxy groups -OCH3 is 1. The molecule has 2 aromatic rings. The van der Waals surface area contributed by atoms with Gasteiger partial charge in [0.05, 0.1) is 24.8 Å². The van der Waals surface area contributed by atoms with Gasteiger partial charge in [0.25, 0.3) is 0 Å². The van der Waals surface area contributed by atoms with Crippen molar-refractivity contribution < 1.29 is 4.74 Å². The van der Waals surface area contributed by atoms with Gasteiger partial charge in [0, 0.05) is 25.4 Å². The Morgan fingerprint density at radius 3 is 3.12 bits per heavy atom. The quantitative estimate of drug-likeness (QED) is 0.836. The Hall–Kier alpha value is -1.88. The Bertz CT molecular complexity index is 467. The van der Waals surface area contributed by atoms with Crippen LogP contribution < -0.4 is 5.73 Å². The van der Waals surface area contributed by atoms with Crippen molar-refractivity contribution in [3.8, 4) is 11.3 Å². The van der Waals surface area contributed by atoms with Gasteiger partial charge >= 0.3 is 0 Å². The van der Waals surface area contributed by atoms with E-state index in [0.29, 0.717) is 12.4 Å². The highest BCUT2D eigenvalue weighted by atomic mass is 16.5. The Balaban J connectivity index is 2.29. The van der Waals surface area contributed by atoms with Gasteiger partial charge in [0.15, 0.2) is 0 Å². The van der Waals surface area contributed by atoms with E-state index in [0.717, 1.165) is 17.8 Å². The number of pyridine rings is 1. The molecule has 0 aliphatic carbocycles. The summed E-state index contributed by atoms with van der Waals surface area (Å²) in [4.78, 5) is 8.09. The molecule has 0 amide bonds. The lowest BCUT2D eigenvalue weighted by atomic mass is 10.2. The van der Waals surface area contributed by atoms with Crippen LogP contribution in [0.3, 0.4) is 0 Å². The molecule has 0 spiro atoms. The number of hydrogen-bond donors (Lipinski definition) is 1. The van der Waals surface area contributed by atoms with E-state index in [-0.39, 0.29) is 0 Å². The predicted molar refractivity (Wildman–Crippen MR) is 61.7 cm³/mol. The molecule has 2 N–H and O–H groups in total. The van der Waals surface area contributed by atoms with Crippen molar-refractivity contribution in [2.75, 3.05) is 19.5 Å². The van der Waals surface area contributed by atoms with E-state index in [1.54, 1.807) is 19.6 Å². The number of anilines is 1. The number of nitrogens with two attached hydrogens (primary N) is 1. The zero-order chi connectivity index (χ0) is 11.4. The van der Waals surface area contributed by atoms with E-state index in [9.17, 15) is 0 Å². The Kier molecular flexibility index (Phi) is 3.16. The summed E-state index contributed by atoms with van der Waals surface area (Å²) >= 11 is 0. The van der Waals surface area contributed by atoms with Gasteiger partial charge in [-0.1, -0.05) is 0 Å². The molecule has 0 bridgehead atoms. The Morgan fingerprint density at radius 1 is 1.50 bits per heavy atom. The largest absolute Gasteiger partial charge is 0.384 e. The topological polar surface area (TPSA) is 66.0 Å². The fourth-order valence-electron chi connectivity index (χ4n) is 1.54. The number of hydrogen-bond acceptors (Lipinski definition) is 4. The van der Waals surface area contributed by atoms with Crippen LogP contribution in [0.2, 0.25) is 0 Å². The van der Waals surface area contributed by atoms with Crippen molar-refractivity contribution in [3.63, 3.8) is 0 Å². The third-order valence-corrected chi connectivity index (χ3v) is 2.33. The molecule has 16 heavy (non-hydrogen) atoms. The van der Waals surface area contributed by atoms with Crippen molar-refractivity contribution in [3.05, 3.63) is 30.9 Å². The van der Waals surface area contributed by atoms with Crippen LogP contribution in [0.5, 0.6) is 0 Å². The van der Waals surface area contributed by atoms with Gasteiger partial charge in [-0.3, -0.25) is 0 Å². The van der Waals surface area contributed by atoms with Gasteiger partial charge in [0.1, 0.15) is 5.82 Å². The Labute approximate surface area is 93.9 Å². The van der Waals surface area contributed by atoms with Gasteiger partial charge in [-0.25, -0.2) is 9.97 Å². The van der Waals surface area contributed by atoms with Crippen LogP contribution in [0.25, 0.3) is 11.3 Å². The minimum absolute atomic E-state index is 0.511. The summed E-state index contributed by atoms with van der Waals surface area (Å²) in [6.45, 7) is 1.43. The number of nitrogens with zero attached hydrogens (tertiary/aromatic N) is 3. The zero-order valence-corrected chi connectivity index (χ0v) is 9.13. The summed E-state index contributed by atoms with van der Waals surface area (Å²) in [5.74, 6) is 0.511. The van der Waals surface area contributed by atoms with Crippen LogP contribution >= 0.6 is 0 Å². The van der Waals surface area contributed by atoms with Crippen molar-refractivity contribution in [2.45, 2.75) is 6.54 Å². The minimum atomic E-state index is 0.511. The standard InChI is InChI=1S/C11H14N4O/c1-16-5-4-15-8-13-7-10(15)9-2-3-14-11(12)6-9/h2-3,6-8H,4-5H2,1H3,(H2,12,14). The molecule has 0 aliphatic heterocycles. The summed E-state index contributed by atoms with van der Waals surface area (Å²) < 4.78 is 7.07. The Morgan fingerprint density at radius 2 is 2.38 bits per heavy atom. The molecule has 0 fully saturated rings. The molecule has 5 heteroatoms. The van der Waals surface area contributed by atoms with Crippen LogP contribution in [0, 0.1) is 0 Å². The second-order valence-corrected chi connectivity index (χ2v) is 3.43. The van der Waals surface area contributed by atoms with Crippen LogP contribution in [0.1, 0.15) is 0 Å². The molecule has 2 rings (SSSR count). The highest BCUT2D eigenvalue weighted by molar-refractivity contribution is 5.61. The monoisotopic (exact) mass is 218 g/mol. The van der Waals surface area contributed by atoms with Crippen LogP contribution in [0.4, 0.5) is 5.82 Å². The van der Waals surface area contributed by atoms with Gasteiger partial charge < -0.3 is 15.0 Å². The number of aromatic nitrogens is 3. The van der Waals surface area contributed by atoms with Crippen LogP contribution in [0.15, 0.2) is 30.9 Å². The van der Waals surface area contributed by atoms with Crippen molar-refractivity contribution in [1.29, 1.82) is 0 Å². The molecule has 0 aromatic carbocycles. The maximum Gasteiger partial charge on any atom is 0.123 e. The molecule has 0 unspecified atom stereocenters. The molecule has 0 aliphatic rings. The fraction of sp³-hybridized carbons (Fsp3) is 0.273. The number of ether oxygens (including phenoxy) is 1. The molecule has 84 valence electrons. The van der Waals surface area contributed by atoms with E-state index < -0.39 is 0 Å². The second-order valence-electron chi connectivity index (χ2n) is 3.43. The highest BCUT2D eigenvalue weighted by Gasteiger charge is 2.05. The first kappa shape index (κ1) is 10.6. The summed E-state index contributed by atoms with van der Waals surface area (Å²) in [5, 5.41) is 0. The second kappa shape index (κ2) is 4.76. The first-order valence-electron chi connectivity index (χ1n) is 5.02. The normalized spacial score (nSPS) is 10.6. The summed E-state index contributed by atoms with van der Waals surface area (Å²) in [6, 6.07) is 3.75. The molecule has 2 heterocycles. The number of rotatable bonds is 4. The van der Waals surface area contributed by atoms with E-state index in [1.807, 2.05) is 22.9 Å². The van der Waals surface area contributed by atoms with E-state index in [1.165, 1.54) is 0 Å². The van der Waals surface area contributed by atoms with E-state index >= 15 is 0 Å². The first-order valence-corrected chi connectivity index (χ1v) is 5.02. The molecule has 0 saturated carbocycles. The van der Waals surface area contributed by atoms with Crippen LogP contribution in [-0.2, 0) is 11.3 Å². The van der Waals surface area contributed by atoms with Crippen LogP contribution in [-0.4, -0.2) is 28.3 Å². The lowest BCUT2D eigenvalue weighted by Gasteiger charge is -2.07. The molecule has 0 saturated heterocycles. The summed E-state index contributed by atoms with van der Waals surface area (Å²) in [7, 11) is 1.68. The number of imidazole rings is 1. The van der Waals surface area contributed by atoms with Crippen molar-refractivity contribution >= 4 is 5.82 Å². The summed E-state index contributed by atoms with van der Waals surface area (Å²) in [6.07, 6.45) is 5.29. The molecule has 5 nitrogen and oxygen atoms in total. The minimum Gasteiger partial charge on any atom is -0.384 e. The maximum absolute atomic E-state index is 5.65. The van der Waals surface area contributed by atoms with E-state index in [4.69, 9.17) is 10.5 Å². The van der Waals surface area contributed by atoms with Gasteiger partial charge in [-0.2, -0.15) is 0 Å². The first-order chi connectivity index (χ1) is 7.81. The molecular weight excluding hydrogens is 204 g/mol. The van der Waals surface area contributed by atoms with Gasteiger partial charge in [0.2, 0.25) is 0 Å². The zero-order valence-electron chi connectivity index (χ0n) is 9.13. The highest BCUT2D eigenvalue weighted by Crippen LogP contribution is 2.19. The predicted octanol–water partition coefficient (Wildman–Crippen LogP) is 1.17. The molecule has 0 atom stereocenters. The molecule has 2 aromatic heterocycles. The average molecular weight is 218 g/mol. The fourth-order valence-corrected chi connectivity index (χ4v) is 1.54. The van der Waals surface area contributed by atoms with E-state index in [2.05, 4.69) is 9.97 Å². The summed E-state index contributed by atoms with van der Waals surface area (Å²) in [5.41, 5.74) is 7.68. The smallest absolute Gasteiger partial charge is 0.123 e. The third kappa shape index (κ3) is 2.20. The average Bonchev–Trinajstić information content (AvgIpc) is 2.74. The van der Waals surface area contributed by atoms with Crippen molar-refractivity contribution in [2.24, 2.45) is 0 Å². The molecular formula is C11H14N4O. The maximum atomic E-state index is 5.65. The number of nitrogen functional groups attached to an aromatic ring is 1. The van der Waals surface area contributed by atoms with Gasteiger partial charge in [-0.05, 0) is 12.1 Å². The lowest BCUT2D eigenvalue weighted by molar-refractivity contribution is 0.187.